The molecule has 1 atom stereocenters. The number of hydrogen-bond donors (Lipinski definition) is 1. The van der Waals surface area contributed by atoms with E-state index in [2.05, 4.69) is 33.3 Å². The van der Waals surface area contributed by atoms with Gasteiger partial charge >= 0.3 is 0 Å². The maximum Gasteiger partial charge on any atom is 0.138 e. The number of rotatable bonds is 4. The summed E-state index contributed by atoms with van der Waals surface area (Å²) >= 11 is 3.19. The fraction of sp³-hybridized carbons (Fsp3) is 0.357. The number of aryl methyl sites for hydroxylation is 2. The topological polar surface area (TPSA) is 38.1 Å². The molecule has 1 unspecified atom stereocenters. The Bertz CT molecular complexity index is 563. The minimum atomic E-state index is -0.248. The number of nitrogens with zero attached hydrogens (tertiary/aromatic N) is 1. The van der Waals surface area contributed by atoms with Gasteiger partial charge in [0, 0.05) is 18.2 Å². The molecule has 0 radical (unpaired) electrons. The van der Waals surface area contributed by atoms with Crippen molar-refractivity contribution in [3.05, 3.63) is 51.1 Å². The second-order valence-electron chi connectivity index (χ2n) is 4.59. The molecule has 0 aliphatic carbocycles. The highest BCUT2D eigenvalue weighted by molar-refractivity contribution is 9.10. The third kappa shape index (κ3) is 3.22. The van der Waals surface area contributed by atoms with Crippen molar-refractivity contribution in [2.24, 2.45) is 0 Å². The van der Waals surface area contributed by atoms with Gasteiger partial charge in [-0.1, -0.05) is 11.2 Å². The van der Waals surface area contributed by atoms with E-state index < -0.39 is 0 Å². The zero-order valence-corrected chi connectivity index (χ0v) is 12.7. The molecule has 1 aromatic heterocycles. The van der Waals surface area contributed by atoms with Gasteiger partial charge in [0.15, 0.2) is 0 Å². The Hall–Kier alpha value is -1.20. The van der Waals surface area contributed by atoms with Gasteiger partial charge in [-0.3, -0.25) is 0 Å². The first kappa shape index (κ1) is 14.2. The lowest BCUT2D eigenvalue weighted by Gasteiger charge is -2.14. The van der Waals surface area contributed by atoms with E-state index in [-0.39, 0.29) is 11.9 Å². The fourth-order valence-electron chi connectivity index (χ4n) is 2.13. The van der Waals surface area contributed by atoms with Gasteiger partial charge in [0.05, 0.1) is 10.2 Å². The van der Waals surface area contributed by atoms with Crippen molar-refractivity contribution in [2.75, 3.05) is 0 Å². The average molecular weight is 327 g/mol. The molecule has 5 heteroatoms. The van der Waals surface area contributed by atoms with Crippen molar-refractivity contribution >= 4 is 15.9 Å². The quantitative estimate of drug-likeness (QED) is 0.921. The molecule has 0 spiro atoms. The van der Waals surface area contributed by atoms with Crippen LogP contribution in [0.25, 0.3) is 0 Å². The normalized spacial score (nSPS) is 12.7. The van der Waals surface area contributed by atoms with Crippen molar-refractivity contribution in [1.82, 2.24) is 10.5 Å². The molecule has 0 bridgehead atoms. The molecule has 2 aromatic rings. The van der Waals surface area contributed by atoms with Crippen LogP contribution in [0.4, 0.5) is 4.39 Å². The molecule has 2 rings (SSSR count). The van der Waals surface area contributed by atoms with Crippen LogP contribution in [0.1, 0.15) is 35.5 Å². The van der Waals surface area contributed by atoms with E-state index >= 15 is 0 Å². The summed E-state index contributed by atoms with van der Waals surface area (Å²) in [7, 11) is 0. The van der Waals surface area contributed by atoms with E-state index in [4.69, 9.17) is 4.52 Å². The van der Waals surface area contributed by atoms with Gasteiger partial charge in [-0.2, -0.15) is 0 Å². The van der Waals surface area contributed by atoms with Crippen LogP contribution in [0.2, 0.25) is 0 Å². The number of benzene rings is 1. The minimum Gasteiger partial charge on any atom is -0.361 e. The molecule has 0 amide bonds. The highest BCUT2D eigenvalue weighted by atomic mass is 79.9. The lowest BCUT2D eigenvalue weighted by molar-refractivity contribution is 0.390. The Kier molecular flexibility index (Phi) is 4.37. The second kappa shape index (κ2) is 5.84. The molecule has 1 aromatic carbocycles. The molecule has 102 valence electrons. The number of hydrogen-bond acceptors (Lipinski definition) is 3. The van der Waals surface area contributed by atoms with Crippen molar-refractivity contribution in [3.8, 4) is 0 Å². The van der Waals surface area contributed by atoms with E-state index in [0.717, 1.165) is 22.6 Å². The molecule has 0 saturated heterocycles. The van der Waals surface area contributed by atoms with Crippen LogP contribution in [-0.2, 0) is 6.54 Å². The zero-order chi connectivity index (χ0) is 14.0. The zero-order valence-electron chi connectivity index (χ0n) is 11.1. The van der Waals surface area contributed by atoms with Crippen molar-refractivity contribution in [1.29, 1.82) is 0 Å². The van der Waals surface area contributed by atoms with E-state index in [1.54, 1.807) is 12.1 Å². The van der Waals surface area contributed by atoms with E-state index in [1.807, 2.05) is 13.8 Å². The molecule has 3 nitrogen and oxygen atoms in total. The van der Waals surface area contributed by atoms with Gasteiger partial charge in [-0.15, -0.1) is 0 Å². The predicted octanol–water partition coefficient (Wildman–Crippen LogP) is 4.04. The van der Waals surface area contributed by atoms with E-state index in [9.17, 15) is 4.39 Å². The maximum absolute atomic E-state index is 13.1. The maximum atomic E-state index is 13.1. The molecule has 0 aliphatic heterocycles. The Morgan fingerprint density at radius 3 is 2.74 bits per heavy atom. The number of halogens is 2. The molecule has 1 heterocycles. The Morgan fingerprint density at radius 2 is 2.16 bits per heavy atom. The van der Waals surface area contributed by atoms with Crippen LogP contribution >= 0.6 is 15.9 Å². The standard InChI is InChI=1S/C14H16BrFN2O/c1-8(14-9(2)18-19-10(14)3)17-7-11-4-5-13(16)12(15)6-11/h4-6,8,17H,7H2,1-3H3. The monoisotopic (exact) mass is 326 g/mol. The van der Waals surface area contributed by atoms with Crippen molar-refractivity contribution < 1.29 is 8.91 Å². The van der Waals surface area contributed by atoms with Gasteiger partial charge in [-0.05, 0) is 54.4 Å². The molecule has 19 heavy (non-hydrogen) atoms. The highest BCUT2D eigenvalue weighted by Crippen LogP contribution is 2.22. The van der Waals surface area contributed by atoms with Crippen molar-refractivity contribution in [3.63, 3.8) is 0 Å². The molecular formula is C14H16BrFN2O. The molecule has 0 fully saturated rings. The summed E-state index contributed by atoms with van der Waals surface area (Å²) in [5.74, 6) is 0.584. The molecule has 0 aliphatic rings. The smallest absolute Gasteiger partial charge is 0.138 e. The predicted molar refractivity (Wildman–Crippen MR) is 75.3 cm³/mol. The SMILES string of the molecule is Cc1noc(C)c1C(C)NCc1ccc(F)c(Br)c1. The number of aromatic nitrogens is 1. The Balaban J connectivity index is 2.04. The summed E-state index contributed by atoms with van der Waals surface area (Å²) in [5, 5.41) is 7.33. The first-order chi connectivity index (χ1) is 8.99. The van der Waals surface area contributed by atoms with Crippen LogP contribution < -0.4 is 5.32 Å². The summed E-state index contributed by atoms with van der Waals surface area (Å²) in [6.45, 7) is 6.55. The first-order valence-corrected chi connectivity index (χ1v) is 6.88. The largest absolute Gasteiger partial charge is 0.361 e. The van der Waals surface area contributed by atoms with E-state index in [0.29, 0.717) is 11.0 Å². The van der Waals surface area contributed by atoms with Crippen LogP contribution in [-0.4, -0.2) is 5.16 Å². The van der Waals surface area contributed by atoms with Gasteiger partial charge in [-0.25, -0.2) is 4.39 Å². The first-order valence-electron chi connectivity index (χ1n) is 6.09. The lowest BCUT2D eigenvalue weighted by Crippen LogP contribution is -2.19. The summed E-state index contributed by atoms with van der Waals surface area (Å²) in [4.78, 5) is 0. The lowest BCUT2D eigenvalue weighted by atomic mass is 10.1. The minimum absolute atomic E-state index is 0.134. The summed E-state index contributed by atoms with van der Waals surface area (Å²) in [6, 6.07) is 5.15. The molecular weight excluding hydrogens is 311 g/mol. The van der Waals surface area contributed by atoms with Crippen LogP contribution in [0.3, 0.4) is 0 Å². The Labute approximate surface area is 120 Å². The van der Waals surface area contributed by atoms with Crippen LogP contribution in [0.5, 0.6) is 0 Å². The van der Waals surface area contributed by atoms with Crippen LogP contribution in [0.15, 0.2) is 27.2 Å². The van der Waals surface area contributed by atoms with E-state index in [1.165, 1.54) is 6.07 Å². The summed E-state index contributed by atoms with van der Waals surface area (Å²) in [6.07, 6.45) is 0. The third-order valence-electron chi connectivity index (χ3n) is 3.12. The molecule has 0 saturated carbocycles. The van der Waals surface area contributed by atoms with Gasteiger partial charge in [0.2, 0.25) is 0 Å². The Morgan fingerprint density at radius 1 is 1.42 bits per heavy atom. The summed E-state index contributed by atoms with van der Waals surface area (Å²) in [5.41, 5.74) is 3.01. The van der Waals surface area contributed by atoms with Crippen molar-refractivity contribution in [2.45, 2.75) is 33.4 Å². The fourth-order valence-corrected chi connectivity index (χ4v) is 2.56. The molecule has 1 N–H and O–H groups in total. The third-order valence-corrected chi connectivity index (χ3v) is 3.73. The average Bonchev–Trinajstić information content (AvgIpc) is 2.70. The second-order valence-corrected chi connectivity index (χ2v) is 5.44. The van der Waals surface area contributed by atoms with Gasteiger partial charge in [0.25, 0.3) is 0 Å². The van der Waals surface area contributed by atoms with Crippen LogP contribution in [0, 0.1) is 19.7 Å². The number of nitrogens with one attached hydrogen (secondary N) is 1. The van der Waals surface area contributed by atoms with Gasteiger partial charge in [0.1, 0.15) is 11.6 Å². The summed E-state index contributed by atoms with van der Waals surface area (Å²) < 4.78 is 18.8. The highest BCUT2D eigenvalue weighted by Gasteiger charge is 2.15. The van der Waals surface area contributed by atoms with Gasteiger partial charge < -0.3 is 9.84 Å².